The Morgan fingerprint density at radius 2 is 1.97 bits per heavy atom. The fourth-order valence-corrected chi connectivity index (χ4v) is 4.62. The average Bonchev–Trinajstić information content (AvgIpc) is 2.82. The number of nitrogens with one attached hydrogen (secondary N) is 1. The topological polar surface area (TPSA) is 116 Å². The maximum Gasteiger partial charge on any atom is 0.354 e. The molecule has 3 aromatic rings. The van der Waals surface area contributed by atoms with E-state index in [4.69, 9.17) is 5.11 Å². The van der Waals surface area contributed by atoms with Crippen molar-refractivity contribution >= 4 is 40.4 Å². The van der Waals surface area contributed by atoms with Gasteiger partial charge in [-0.15, -0.1) is 0 Å². The molecule has 11 heteroatoms. The molecular formula is C23H24FN7O3. The standard InChI is InChI=1S/C23H24FN7O3/c1-3-31-21-18-16(25-12-26-21)10-14(19(24)20(18)28-23(31)34)11-29-6-8-30(9-7-29)17-5-4-15(22(32)33)27-13(17)2/h4-5,10,12H,3,6-9,11H2,1-2H3,(H,25,26)(H,32,33). The Bertz CT molecular complexity index is 1390. The average molecular weight is 465 g/mol. The summed E-state index contributed by atoms with van der Waals surface area (Å²) in [5.41, 5.74) is 2.27. The molecule has 2 N–H and O–H groups in total. The van der Waals surface area contributed by atoms with Gasteiger partial charge in [0, 0.05) is 44.8 Å². The SMILES string of the molecule is CCn1c2c3c(cc(CN4CCN(c5ccc(C(=O)O)nc5C)CC4)c(F)c3nc1=O)NC=N2. The minimum Gasteiger partial charge on any atom is -0.477 e. The van der Waals surface area contributed by atoms with Crippen molar-refractivity contribution in [2.45, 2.75) is 26.9 Å². The molecule has 0 atom stereocenters. The van der Waals surface area contributed by atoms with Gasteiger partial charge in [0.25, 0.3) is 0 Å². The van der Waals surface area contributed by atoms with Gasteiger partial charge in [0.15, 0.2) is 5.82 Å². The summed E-state index contributed by atoms with van der Waals surface area (Å²) in [5, 5.41) is 12.7. The van der Waals surface area contributed by atoms with Crippen molar-refractivity contribution in [2.75, 3.05) is 36.4 Å². The van der Waals surface area contributed by atoms with Crippen LogP contribution in [0.4, 0.5) is 21.6 Å². The Morgan fingerprint density at radius 3 is 2.65 bits per heavy atom. The smallest absolute Gasteiger partial charge is 0.354 e. The maximum atomic E-state index is 15.5. The summed E-state index contributed by atoms with van der Waals surface area (Å²) in [4.78, 5) is 40.3. The summed E-state index contributed by atoms with van der Waals surface area (Å²) in [5.74, 6) is -1.12. The van der Waals surface area contributed by atoms with E-state index < -0.39 is 17.5 Å². The molecule has 1 aromatic carbocycles. The van der Waals surface area contributed by atoms with Crippen LogP contribution < -0.4 is 15.9 Å². The highest BCUT2D eigenvalue weighted by atomic mass is 19.1. The zero-order chi connectivity index (χ0) is 24.0. The molecule has 0 bridgehead atoms. The fourth-order valence-electron chi connectivity index (χ4n) is 4.62. The lowest BCUT2D eigenvalue weighted by Crippen LogP contribution is -2.46. The number of anilines is 2. The lowest BCUT2D eigenvalue weighted by molar-refractivity contribution is 0.0690. The molecule has 10 nitrogen and oxygen atoms in total. The second-order valence-corrected chi connectivity index (χ2v) is 8.35. The zero-order valence-electron chi connectivity index (χ0n) is 18.9. The molecule has 0 saturated carbocycles. The summed E-state index contributed by atoms with van der Waals surface area (Å²) in [6.45, 7) is 7.19. The van der Waals surface area contributed by atoms with Gasteiger partial charge in [-0.2, -0.15) is 4.98 Å². The second kappa shape index (κ2) is 8.49. The Hall–Kier alpha value is -3.86. The van der Waals surface area contributed by atoms with Crippen molar-refractivity contribution in [3.05, 3.63) is 51.5 Å². The third kappa shape index (κ3) is 3.67. The number of aromatic carboxylic acids is 1. The Labute approximate surface area is 194 Å². The molecule has 1 saturated heterocycles. The summed E-state index contributed by atoms with van der Waals surface area (Å²) in [6, 6.07) is 5.06. The van der Waals surface area contributed by atoms with Crippen LogP contribution in [0.3, 0.4) is 0 Å². The number of nitrogens with zero attached hydrogens (tertiary/aromatic N) is 6. The summed E-state index contributed by atoms with van der Waals surface area (Å²) in [6.07, 6.45) is 1.51. The molecule has 2 aliphatic heterocycles. The number of carbonyl (C=O) groups is 1. The van der Waals surface area contributed by atoms with E-state index in [1.807, 2.05) is 6.92 Å². The van der Waals surface area contributed by atoms with Crippen molar-refractivity contribution in [3.63, 3.8) is 0 Å². The van der Waals surface area contributed by atoms with E-state index in [1.54, 1.807) is 19.1 Å². The Morgan fingerprint density at radius 1 is 1.21 bits per heavy atom. The second-order valence-electron chi connectivity index (χ2n) is 8.35. The molecule has 5 rings (SSSR count). The lowest BCUT2D eigenvalue weighted by Gasteiger charge is -2.36. The van der Waals surface area contributed by atoms with Crippen molar-refractivity contribution in [1.82, 2.24) is 19.4 Å². The lowest BCUT2D eigenvalue weighted by atomic mass is 10.1. The molecule has 0 radical (unpaired) electrons. The van der Waals surface area contributed by atoms with Gasteiger partial charge in [-0.05, 0) is 32.0 Å². The van der Waals surface area contributed by atoms with Crippen LogP contribution in [-0.2, 0) is 13.1 Å². The van der Waals surface area contributed by atoms with Crippen molar-refractivity contribution in [2.24, 2.45) is 4.99 Å². The molecule has 176 valence electrons. The van der Waals surface area contributed by atoms with E-state index in [-0.39, 0.29) is 11.2 Å². The fraction of sp³-hybridized carbons (Fsp3) is 0.348. The molecule has 4 heterocycles. The van der Waals surface area contributed by atoms with E-state index in [2.05, 4.69) is 30.1 Å². The van der Waals surface area contributed by atoms with Crippen LogP contribution in [0.2, 0.25) is 0 Å². The minimum atomic E-state index is -1.05. The molecule has 34 heavy (non-hydrogen) atoms. The van der Waals surface area contributed by atoms with E-state index in [0.29, 0.717) is 67.4 Å². The van der Waals surface area contributed by atoms with Gasteiger partial charge in [-0.1, -0.05) is 0 Å². The van der Waals surface area contributed by atoms with Gasteiger partial charge in [0.05, 0.1) is 28.8 Å². The van der Waals surface area contributed by atoms with Gasteiger partial charge in [0.2, 0.25) is 0 Å². The van der Waals surface area contributed by atoms with Gasteiger partial charge in [0.1, 0.15) is 17.0 Å². The monoisotopic (exact) mass is 465 g/mol. The number of rotatable bonds is 5. The number of hydrogen-bond donors (Lipinski definition) is 2. The predicted octanol–water partition coefficient (Wildman–Crippen LogP) is 2.36. The highest BCUT2D eigenvalue weighted by Crippen LogP contribution is 2.36. The number of aromatic nitrogens is 3. The quantitative estimate of drug-likeness (QED) is 0.590. The van der Waals surface area contributed by atoms with Crippen LogP contribution in [0.1, 0.15) is 28.7 Å². The first-order valence-corrected chi connectivity index (χ1v) is 11.1. The molecule has 2 aliphatic rings. The van der Waals surface area contributed by atoms with Crippen LogP contribution in [-0.4, -0.2) is 63.0 Å². The third-order valence-electron chi connectivity index (χ3n) is 6.34. The molecule has 0 aliphatic carbocycles. The van der Waals surface area contributed by atoms with E-state index in [1.165, 1.54) is 17.0 Å². The molecule has 2 aromatic heterocycles. The minimum absolute atomic E-state index is 0.0248. The van der Waals surface area contributed by atoms with Gasteiger partial charge in [-0.25, -0.2) is 24.0 Å². The Balaban J connectivity index is 1.37. The third-order valence-corrected chi connectivity index (χ3v) is 6.34. The molecule has 0 amide bonds. The molecular weight excluding hydrogens is 441 g/mol. The van der Waals surface area contributed by atoms with Crippen molar-refractivity contribution < 1.29 is 14.3 Å². The summed E-state index contributed by atoms with van der Waals surface area (Å²) >= 11 is 0. The van der Waals surface area contributed by atoms with E-state index in [9.17, 15) is 9.59 Å². The Kier molecular flexibility index (Phi) is 5.48. The first-order chi connectivity index (χ1) is 16.4. The number of carboxylic acid groups (broad SMARTS) is 1. The van der Waals surface area contributed by atoms with Crippen LogP contribution in [0.15, 0.2) is 28.0 Å². The zero-order valence-corrected chi connectivity index (χ0v) is 18.9. The molecule has 0 unspecified atom stereocenters. The van der Waals surface area contributed by atoms with Crippen LogP contribution in [0, 0.1) is 12.7 Å². The van der Waals surface area contributed by atoms with E-state index in [0.717, 1.165) is 5.69 Å². The maximum absolute atomic E-state index is 15.5. The predicted molar refractivity (Wildman–Crippen MR) is 127 cm³/mol. The number of halogens is 1. The number of piperazine rings is 1. The largest absolute Gasteiger partial charge is 0.477 e. The number of aliphatic imine (C=N–C) groups is 1. The number of aryl methyl sites for hydroxylation is 1. The van der Waals surface area contributed by atoms with Crippen molar-refractivity contribution in [1.29, 1.82) is 0 Å². The van der Waals surface area contributed by atoms with Gasteiger partial charge >= 0.3 is 11.7 Å². The van der Waals surface area contributed by atoms with Gasteiger partial charge in [-0.3, -0.25) is 9.47 Å². The summed E-state index contributed by atoms with van der Waals surface area (Å²) < 4.78 is 16.9. The van der Waals surface area contributed by atoms with Crippen molar-refractivity contribution in [3.8, 4) is 0 Å². The van der Waals surface area contributed by atoms with Crippen LogP contribution in [0.5, 0.6) is 0 Å². The summed E-state index contributed by atoms with van der Waals surface area (Å²) in [7, 11) is 0. The van der Waals surface area contributed by atoms with E-state index >= 15 is 4.39 Å². The number of hydrogen-bond acceptors (Lipinski definition) is 8. The van der Waals surface area contributed by atoms with Crippen LogP contribution >= 0.6 is 0 Å². The van der Waals surface area contributed by atoms with Gasteiger partial charge < -0.3 is 15.3 Å². The normalized spacial score (nSPS) is 15.6. The number of benzene rings is 1. The first kappa shape index (κ1) is 22.0. The van der Waals surface area contributed by atoms with Crippen LogP contribution in [0.25, 0.3) is 10.9 Å². The molecule has 1 fully saturated rings. The highest BCUT2D eigenvalue weighted by molar-refractivity contribution is 6.06. The number of carboxylic acids is 1. The first-order valence-electron chi connectivity index (χ1n) is 11.1. The number of pyridine rings is 1. The molecule has 0 spiro atoms. The highest BCUT2D eigenvalue weighted by Gasteiger charge is 2.25.